The summed E-state index contributed by atoms with van der Waals surface area (Å²) in [5.41, 5.74) is 0.945. The Balaban J connectivity index is 1.87. The van der Waals surface area contributed by atoms with Crippen molar-refractivity contribution in [2.75, 3.05) is 6.61 Å². The van der Waals surface area contributed by atoms with Crippen molar-refractivity contribution in [1.82, 2.24) is 0 Å². The van der Waals surface area contributed by atoms with Gasteiger partial charge >= 0.3 is 11.9 Å². The maximum Gasteiger partial charge on any atom is 0.310 e. The van der Waals surface area contributed by atoms with Crippen LogP contribution in [0.15, 0.2) is 42.5 Å². The highest BCUT2D eigenvalue weighted by atomic mass is 16.5. The number of esters is 2. The van der Waals surface area contributed by atoms with Gasteiger partial charge in [-0.1, -0.05) is 82.0 Å². The van der Waals surface area contributed by atoms with E-state index in [0.717, 1.165) is 24.8 Å². The quantitative estimate of drug-likeness (QED) is 0.251. The van der Waals surface area contributed by atoms with Crippen LogP contribution in [-0.4, -0.2) is 18.5 Å². The summed E-state index contributed by atoms with van der Waals surface area (Å²) in [4.78, 5) is 25.4. The van der Waals surface area contributed by atoms with Crippen LogP contribution in [0, 0.1) is 17.8 Å². The topological polar surface area (TPSA) is 52.6 Å². The van der Waals surface area contributed by atoms with Crippen molar-refractivity contribution in [1.29, 1.82) is 0 Å². The molecule has 0 aliphatic heterocycles. The van der Waals surface area contributed by atoms with Gasteiger partial charge in [-0.05, 0) is 37.2 Å². The summed E-state index contributed by atoms with van der Waals surface area (Å²) >= 11 is 0. The van der Waals surface area contributed by atoms with E-state index in [0.29, 0.717) is 25.4 Å². The molecule has 29 heavy (non-hydrogen) atoms. The highest BCUT2D eigenvalue weighted by Crippen LogP contribution is 2.29. The van der Waals surface area contributed by atoms with Gasteiger partial charge in [-0.25, -0.2) is 0 Å². The van der Waals surface area contributed by atoms with Crippen LogP contribution in [-0.2, 0) is 25.7 Å². The molecule has 4 nitrogen and oxygen atoms in total. The summed E-state index contributed by atoms with van der Waals surface area (Å²) in [6, 6.07) is 9.61. The second kappa shape index (κ2) is 13.2. The van der Waals surface area contributed by atoms with E-state index in [9.17, 15) is 9.59 Å². The second-order valence-electron chi connectivity index (χ2n) is 8.03. The molecule has 0 saturated carbocycles. The molecule has 0 bridgehead atoms. The lowest BCUT2D eigenvalue weighted by Gasteiger charge is -2.26. The summed E-state index contributed by atoms with van der Waals surface area (Å²) in [5, 5.41) is 0. The van der Waals surface area contributed by atoms with E-state index in [1.165, 1.54) is 19.3 Å². The van der Waals surface area contributed by atoms with E-state index in [4.69, 9.17) is 9.47 Å². The third kappa shape index (κ3) is 8.04. The third-order valence-corrected chi connectivity index (χ3v) is 5.64. The van der Waals surface area contributed by atoms with Crippen LogP contribution in [0.3, 0.4) is 0 Å². The van der Waals surface area contributed by atoms with Crippen LogP contribution in [0.5, 0.6) is 0 Å². The molecule has 1 aromatic rings. The van der Waals surface area contributed by atoms with Crippen molar-refractivity contribution >= 4 is 11.9 Å². The Morgan fingerprint density at radius 1 is 0.897 bits per heavy atom. The predicted octanol–water partition coefficient (Wildman–Crippen LogP) is 5.85. The highest BCUT2D eigenvalue weighted by molar-refractivity contribution is 5.82. The maximum absolute atomic E-state index is 12.8. The number of carbonyl (C=O) groups is 2. The summed E-state index contributed by atoms with van der Waals surface area (Å²) in [5.74, 6) is -1.05. The third-order valence-electron chi connectivity index (χ3n) is 5.64. The van der Waals surface area contributed by atoms with Crippen molar-refractivity contribution in [2.24, 2.45) is 17.8 Å². The van der Waals surface area contributed by atoms with Gasteiger partial charge in [0.15, 0.2) is 0 Å². The molecule has 2 rings (SSSR count). The molecule has 1 aliphatic carbocycles. The fraction of sp³-hybridized carbons (Fsp3) is 0.600. The maximum atomic E-state index is 12.8. The summed E-state index contributed by atoms with van der Waals surface area (Å²) < 4.78 is 11.2. The minimum Gasteiger partial charge on any atom is -0.465 e. The first kappa shape index (κ1) is 23.2. The van der Waals surface area contributed by atoms with Gasteiger partial charge < -0.3 is 9.47 Å². The largest absolute Gasteiger partial charge is 0.465 e. The Labute approximate surface area is 175 Å². The molecule has 0 spiro atoms. The minimum atomic E-state index is -0.457. The van der Waals surface area contributed by atoms with Gasteiger partial charge in [-0.3, -0.25) is 9.59 Å². The molecule has 4 heteroatoms. The SMILES string of the molecule is CCCCCC(CCC)COC(=O)C1CC=CCC1C(=O)OCc1ccccc1. The molecule has 1 aliphatic rings. The van der Waals surface area contributed by atoms with Gasteiger partial charge in [0.05, 0.1) is 18.4 Å². The molecule has 0 radical (unpaired) electrons. The molecular formula is C25H36O4. The fourth-order valence-electron chi connectivity index (χ4n) is 3.88. The Bertz CT molecular complexity index is 637. The molecule has 0 N–H and O–H groups in total. The molecule has 0 heterocycles. The van der Waals surface area contributed by atoms with Crippen molar-refractivity contribution < 1.29 is 19.1 Å². The minimum absolute atomic E-state index is 0.234. The van der Waals surface area contributed by atoms with Crippen molar-refractivity contribution in [3.63, 3.8) is 0 Å². The van der Waals surface area contributed by atoms with Crippen LogP contribution in [0.4, 0.5) is 0 Å². The number of hydrogen-bond acceptors (Lipinski definition) is 4. The van der Waals surface area contributed by atoms with Crippen molar-refractivity contribution in [2.45, 2.75) is 71.8 Å². The number of benzene rings is 1. The van der Waals surface area contributed by atoms with Gasteiger partial charge in [0.1, 0.15) is 6.61 Å². The standard InChI is InChI=1S/C25H36O4/c1-3-5-7-13-20(12-4-2)18-28-24(26)22-16-10-11-17-23(22)25(27)29-19-21-14-8-6-9-15-21/h6,8-11,14-15,20,22-23H,3-5,7,12-13,16-19H2,1-2H3. The zero-order valence-corrected chi connectivity index (χ0v) is 18.0. The molecule has 1 aromatic carbocycles. The summed E-state index contributed by atoms with van der Waals surface area (Å²) in [6.07, 6.45) is 11.9. The monoisotopic (exact) mass is 400 g/mol. The molecular weight excluding hydrogens is 364 g/mol. The first-order chi connectivity index (χ1) is 14.2. The fourth-order valence-corrected chi connectivity index (χ4v) is 3.88. The van der Waals surface area contributed by atoms with E-state index in [1.807, 2.05) is 42.5 Å². The van der Waals surface area contributed by atoms with Crippen LogP contribution in [0.2, 0.25) is 0 Å². The van der Waals surface area contributed by atoms with Crippen molar-refractivity contribution in [3.8, 4) is 0 Å². The summed E-state index contributed by atoms with van der Waals surface area (Å²) in [6.45, 7) is 5.06. The van der Waals surface area contributed by atoms with E-state index < -0.39 is 11.8 Å². The molecule has 0 fully saturated rings. The zero-order chi connectivity index (χ0) is 20.9. The van der Waals surface area contributed by atoms with Gasteiger partial charge in [0, 0.05) is 0 Å². The lowest BCUT2D eigenvalue weighted by molar-refractivity contribution is -0.162. The molecule has 0 saturated heterocycles. The first-order valence-corrected chi connectivity index (χ1v) is 11.2. The van der Waals surface area contributed by atoms with Gasteiger partial charge in [-0.15, -0.1) is 0 Å². The number of ether oxygens (including phenoxy) is 2. The number of unbranched alkanes of at least 4 members (excludes halogenated alkanes) is 2. The van der Waals surface area contributed by atoms with E-state index in [-0.39, 0.29) is 18.5 Å². The Morgan fingerprint density at radius 3 is 2.17 bits per heavy atom. The first-order valence-electron chi connectivity index (χ1n) is 11.2. The smallest absolute Gasteiger partial charge is 0.310 e. The highest BCUT2D eigenvalue weighted by Gasteiger charge is 2.36. The zero-order valence-electron chi connectivity index (χ0n) is 18.0. The molecule has 160 valence electrons. The average molecular weight is 401 g/mol. The van der Waals surface area contributed by atoms with Crippen LogP contribution < -0.4 is 0 Å². The van der Waals surface area contributed by atoms with Crippen LogP contribution in [0.25, 0.3) is 0 Å². The average Bonchev–Trinajstić information content (AvgIpc) is 2.76. The molecule has 0 aromatic heterocycles. The Hall–Kier alpha value is -2.10. The number of hydrogen-bond donors (Lipinski definition) is 0. The van der Waals surface area contributed by atoms with E-state index >= 15 is 0 Å². The van der Waals surface area contributed by atoms with Gasteiger partial charge in [0.25, 0.3) is 0 Å². The van der Waals surface area contributed by atoms with Crippen LogP contribution in [0.1, 0.15) is 70.8 Å². The predicted molar refractivity (Wildman–Crippen MR) is 115 cm³/mol. The lowest BCUT2D eigenvalue weighted by Crippen LogP contribution is -2.34. The molecule has 3 atom stereocenters. The molecule has 3 unspecified atom stereocenters. The van der Waals surface area contributed by atoms with Crippen LogP contribution >= 0.6 is 0 Å². The van der Waals surface area contributed by atoms with Gasteiger partial charge in [-0.2, -0.15) is 0 Å². The van der Waals surface area contributed by atoms with E-state index in [2.05, 4.69) is 13.8 Å². The van der Waals surface area contributed by atoms with Crippen molar-refractivity contribution in [3.05, 3.63) is 48.0 Å². The number of rotatable bonds is 12. The molecule has 0 amide bonds. The van der Waals surface area contributed by atoms with E-state index in [1.54, 1.807) is 0 Å². The normalized spacial score (nSPS) is 19.5. The van der Waals surface area contributed by atoms with Gasteiger partial charge in [0.2, 0.25) is 0 Å². The summed E-state index contributed by atoms with van der Waals surface area (Å²) in [7, 11) is 0. The second-order valence-corrected chi connectivity index (χ2v) is 8.03. The Morgan fingerprint density at radius 2 is 1.55 bits per heavy atom. The number of carbonyl (C=O) groups excluding carboxylic acids is 2. The number of allylic oxidation sites excluding steroid dienone is 2. The lowest BCUT2D eigenvalue weighted by atomic mass is 9.83. The Kier molecular flexibility index (Phi) is 10.5.